The van der Waals surface area contributed by atoms with Crippen molar-refractivity contribution in [1.29, 1.82) is 0 Å². The van der Waals surface area contributed by atoms with E-state index in [2.05, 4.69) is 0 Å². The number of hydrogen-bond donors (Lipinski definition) is 0. The summed E-state index contributed by atoms with van der Waals surface area (Å²) < 4.78 is 10.6. The van der Waals surface area contributed by atoms with Crippen molar-refractivity contribution in [3.63, 3.8) is 0 Å². The minimum atomic E-state index is -1.50. The third-order valence-electron chi connectivity index (χ3n) is 4.23. The molecule has 7 heteroatoms. The Hall–Kier alpha value is -1.28. The summed E-state index contributed by atoms with van der Waals surface area (Å²) in [5.41, 5.74) is -0.145. The molecule has 0 aromatic rings. The van der Waals surface area contributed by atoms with E-state index in [-0.39, 0.29) is 30.7 Å². The molecule has 0 bridgehead atoms. The van der Waals surface area contributed by atoms with Gasteiger partial charge in [0.05, 0.1) is 6.42 Å². The Morgan fingerprint density at radius 3 is 2.09 bits per heavy atom. The largest absolute Gasteiger partial charge is 0.329 e. The normalized spacial score (nSPS) is 16.5. The molecule has 0 saturated carbocycles. The summed E-state index contributed by atoms with van der Waals surface area (Å²) in [4.78, 5) is 35.7. The van der Waals surface area contributed by atoms with Gasteiger partial charge in [-0.15, -0.1) is 0 Å². The fraction of sp³-hybridized carbons (Fsp3) is 0.750. The Morgan fingerprint density at radius 1 is 1.13 bits per heavy atom. The summed E-state index contributed by atoms with van der Waals surface area (Å²) in [6, 6.07) is 0. The molecule has 0 fully saturated rings. The molecule has 0 N–H and O–H groups in total. The number of amides is 2. The number of carbonyl (C=O) groups excluding carboxylic acids is 2. The van der Waals surface area contributed by atoms with Gasteiger partial charge in [-0.05, 0) is 26.7 Å². The van der Waals surface area contributed by atoms with E-state index in [1.54, 1.807) is 6.92 Å². The first-order valence-corrected chi connectivity index (χ1v) is 7.60. The predicted octanol–water partition coefficient (Wildman–Crippen LogP) is 2.02. The van der Waals surface area contributed by atoms with Crippen molar-refractivity contribution in [2.75, 3.05) is 20.8 Å². The molecule has 0 aromatic carbocycles. The lowest BCUT2D eigenvalue weighted by Crippen LogP contribution is -2.45. The minimum Gasteiger partial charge on any atom is -0.329 e. The van der Waals surface area contributed by atoms with Crippen LogP contribution in [0.1, 0.15) is 41.0 Å². The zero-order valence-corrected chi connectivity index (χ0v) is 15.0. The summed E-state index contributed by atoms with van der Waals surface area (Å²) >= 11 is 0. The van der Waals surface area contributed by atoms with Gasteiger partial charge < -0.3 is 9.47 Å². The smallest absolute Gasteiger partial charge is 0.313 e. The molecule has 1 aliphatic rings. The van der Waals surface area contributed by atoms with Crippen LogP contribution in [-0.4, -0.2) is 49.1 Å². The predicted molar refractivity (Wildman–Crippen MR) is 82.9 cm³/mol. The van der Waals surface area contributed by atoms with Gasteiger partial charge in [0.25, 0.3) is 11.8 Å². The number of carbonyl (C=O) groups is 2. The van der Waals surface area contributed by atoms with Crippen molar-refractivity contribution in [3.05, 3.63) is 11.6 Å². The first-order chi connectivity index (χ1) is 10.6. The van der Waals surface area contributed by atoms with Crippen LogP contribution in [0.5, 0.6) is 0 Å². The highest BCUT2D eigenvalue weighted by Crippen LogP contribution is 2.27. The molecule has 0 aromatic heterocycles. The molecule has 7 nitrogen and oxygen atoms in total. The molecule has 23 heavy (non-hydrogen) atoms. The molecule has 0 spiro atoms. The number of ether oxygens (including phenoxy) is 2. The minimum absolute atomic E-state index is 0.0959. The second kappa shape index (κ2) is 7.53. The second-order valence-corrected chi connectivity index (χ2v) is 6.39. The van der Waals surface area contributed by atoms with Crippen molar-refractivity contribution in [1.82, 2.24) is 4.90 Å². The van der Waals surface area contributed by atoms with E-state index in [0.717, 1.165) is 4.90 Å². The average molecular weight is 329 g/mol. The fourth-order valence-corrected chi connectivity index (χ4v) is 1.76. The molecule has 1 aliphatic heterocycles. The summed E-state index contributed by atoms with van der Waals surface area (Å²) in [6.45, 7) is 9.47. The fourth-order valence-electron chi connectivity index (χ4n) is 1.76. The lowest BCUT2D eigenvalue weighted by Gasteiger charge is -2.35. The van der Waals surface area contributed by atoms with Gasteiger partial charge in [0.15, 0.2) is 0 Å². The van der Waals surface area contributed by atoms with Crippen LogP contribution in [0.3, 0.4) is 0 Å². The van der Waals surface area contributed by atoms with Gasteiger partial charge in [-0.1, -0.05) is 13.8 Å². The standard InChI is InChI=1S/C16H27NO6/c1-11(2)15(4,5)22-23-16(20-6,21-7)8-9-17-13(18)10-12(3)14(17)19/h10-11H,8-9H2,1-7H3. The maximum atomic E-state index is 11.9. The third-order valence-corrected chi connectivity index (χ3v) is 4.23. The Kier molecular flexibility index (Phi) is 6.47. The van der Waals surface area contributed by atoms with Gasteiger partial charge in [0.1, 0.15) is 5.60 Å². The van der Waals surface area contributed by atoms with Gasteiger partial charge in [-0.3, -0.25) is 14.5 Å². The summed E-state index contributed by atoms with van der Waals surface area (Å²) in [7, 11) is 2.82. The van der Waals surface area contributed by atoms with Gasteiger partial charge in [-0.2, -0.15) is 4.89 Å². The van der Waals surface area contributed by atoms with Crippen molar-refractivity contribution in [2.24, 2.45) is 5.92 Å². The van der Waals surface area contributed by atoms with E-state index in [9.17, 15) is 9.59 Å². The first-order valence-electron chi connectivity index (χ1n) is 7.60. The monoisotopic (exact) mass is 329 g/mol. The molecule has 0 aliphatic carbocycles. The van der Waals surface area contributed by atoms with E-state index < -0.39 is 11.6 Å². The molecule has 0 atom stereocenters. The Bertz CT molecular complexity index is 479. The Morgan fingerprint density at radius 2 is 1.70 bits per heavy atom. The molecule has 1 rings (SSSR count). The van der Waals surface area contributed by atoms with Crippen LogP contribution in [0, 0.1) is 5.92 Å². The van der Waals surface area contributed by atoms with Crippen LogP contribution in [0.4, 0.5) is 0 Å². The van der Waals surface area contributed by atoms with E-state index in [1.807, 2.05) is 27.7 Å². The van der Waals surface area contributed by atoms with Crippen LogP contribution in [0.2, 0.25) is 0 Å². The molecule has 0 radical (unpaired) electrons. The zero-order valence-electron chi connectivity index (χ0n) is 15.0. The number of nitrogens with zero attached hydrogens (tertiary/aromatic N) is 1. The summed E-state index contributed by atoms with van der Waals surface area (Å²) in [5, 5.41) is 0. The molecular weight excluding hydrogens is 302 g/mol. The van der Waals surface area contributed by atoms with Crippen molar-refractivity contribution in [3.8, 4) is 0 Å². The molecule has 0 saturated heterocycles. The van der Waals surface area contributed by atoms with E-state index in [4.69, 9.17) is 19.2 Å². The van der Waals surface area contributed by atoms with Crippen LogP contribution >= 0.6 is 0 Å². The van der Waals surface area contributed by atoms with E-state index in [1.165, 1.54) is 20.3 Å². The molecule has 132 valence electrons. The van der Waals surface area contributed by atoms with Gasteiger partial charge in [0, 0.05) is 32.4 Å². The zero-order chi connectivity index (χ0) is 17.8. The van der Waals surface area contributed by atoms with Crippen LogP contribution in [-0.2, 0) is 28.8 Å². The third kappa shape index (κ3) is 4.60. The Balaban J connectivity index is 2.71. The van der Waals surface area contributed by atoms with Crippen molar-refractivity contribution < 1.29 is 28.8 Å². The lowest BCUT2D eigenvalue weighted by atomic mass is 9.95. The molecule has 1 heterocycles. The van der Waals surface area contributed by atoms with Crippen LogP contribution < -0.4 is 0 Å². The van der Waals surface area contributed by atoms with Gasteiger partial charge in [-0.25, -0.2) is 4.89 Å². The highest BCUT2D eigenvalue weighted by molar-refractivity contribution is 6.15. The number of methoxy groups -OCH3 is 2. The lowest BCUT2D eigenvalue weighted by molar-refractivity contribution is -0.525. The summed E-state index contributed by atoms with van der Waals surface area (Å²) in [6.07, 6.45) is 1.43. The molecule has 2 amide bonds. The van der Waals surface area contributed by atoms with Crippen LogP contribution in [0.15, 0.2) is 11.6 Å². The maximum Gasteiger partial charge on any atom is 0.313 e. The average Bonchev–Trinajstić information content (AvgIpc) is 2.73. The quantitative estimate of drug-likeness (QED) is 0.279. The SMILES string of the molecule is COC(CCN1C(=O)C=C(C)C1=O)(OC)OOC(C)(C)C(C)C. The van der Waals surface area contributed by atoms with Crippen molar-refractivity contribution >= 4 is 11.8 Å². The topological polar surface area (TPSA) is 74.3 Å². The van der Waals surface area contributed by atoms with Gasteiger partial charge >= 0.3 is 5.97 Å². The summed E-state index contributed by atoms with van der Waals surface area (Å²) in [5.74, 6) is -1.97. The number of imide groups is 1. The van der Waals surface area contributed by atoms with Gasteiger partial charge in [0.2, 0.25) is 0 Å². The molecule has 0 unspecified atom stereocenters. The first kappa shape index (κ1) is 19.8. The maximum absolute atomic E-state index is 11.9. The van der Waals surface area contributed by atoms with E-state index >= 15 is 0 Å². The molecular formula is C16H27NO6. The number of hydrogen-bond acceptors (Lipinski definition) is 6. The number of rotatable bonds is 9. The highest BCUT2D eigenvalue weighted by Gasteiger charge is 2.39. The Labute approximate surface area is 137 Å². The van der Waals surface area contributed by atoms with Crippen molar-refractivity contribution in [2.45, 2.75) is 52.6 Å². The second-order valence-electron chi connectivity index (χ2n) is 6.39. The van der Waals surface area contributed by atoms with E-state index in [0.29, 0.717) is 5.57 Å². The van der Waals surface area contributed by atoms with Crippen LogP contribution in [0.25, 0.3) is 0 Å². The highest BCUT2D eigenvalue weighted by atomic mass is 17.3.